The summed E-state index contributed by atoms with van der Waals surface area (Å²) in [5, 5.41) is 64.1. The van der Waals surface area contributed by atoms with Crippen molar-refractivity contribution in [2.45, 2.75) is 191 Å². The minimum absolute atomic E-state index is 0.00788. The van der Waals surface area contributed by atoms with E-state index < -0.39 is 163 Å². The van der Waals surface area contributed by atoms with Gasteiger partial charge in [-0.3, -0.25) is 19.4 Å². The summed E-state index contributed by atoms with van der Waals surface area (Å²) in [6.07, 6.45) is -8.49. The molecular formula is C51H81N3O21. The van der Waals surface area contributed by atoms with Crippen molar-refractivity contribution >= 4 is 24.0 Å². The van der Waals surface area contributed by atoms with Gasteiger partial charge >= 0.3 is 17.6 Å². The van der Waals surface area contributed by atoms with Crippen molar-refractivity contribution in [2.24, 2.45) is 23.7 Å². The van der Waals surface area contributed by atoms with E-state index in [1.807, 2.05) is 29.9 Å². The van der Waals surface area contributed by atoms with Crippen LogP contribution in [0.15, 0.2) is 39.5 Å². The molecule has 5 rings (SSSR count). The number of ketones is 1. The highest BCUT2D eigenvalue weighted by Gasteiger charge is 2.52. The van der Waals surface area contributed by atoms with Crippen LogP contribution in [0.5, 0.6) is 0 Å². The molecule has 0 aliphatic carbocycles. The van der Waals surface area contributed by atoms with Crippen molar-refractivity contribution in [3.63, 3.8) is 0 Å². The fraction of sp³-hybridized carbons (Fsp3) is 0.765. The predicted molar refractivity (Wildman–Crippen MR) is 265 cm³/mol. The average molecular weight is 1070 g/mol. The van der Waals surface area contributed by atoms with Crippen molar-refractivity contribution in [1.29, 1.82) is 0 Å². The third-order valence-corrected chi connectivity index (χ3v) is 14.4. The molecule has 5 heterocycles. The SMILES string of the molecule is CC[C@H]1OC(=O)C[C@@H](O)[C@H](C)[C@@H](O[C@H]2O[C@H](C)[C@@H](O[C@H]3C[C@@](C)(O)[C@@H](O)[C@H](C)O3)[C@H](N(C)C)[C@H]2O)[C@@H](CC=O)C[C@@H](C)C(=O)/C=C/C(C)=C/C1CO[C@@H]1O[C@H](C)[C@@H](O)[C@@H](OC)[C@H]1OC.O=C(O)c1cc(=O)[nH]c(=O)[nH]1. The number of esters is 1. The molecule has 24 heteroatoms. The Morgan fingerprint density at radius 1 is 0.867 bits per heavy atom. The topological polar surface area (TPSA) is 342 Å². The lowest BCUT2D eigenvalue weighted by Crippen LogP contribution is -2.65. The molecule has 4 aliphatic rings. The quantitative estimate of drug-likeness (QED) is 0.0934. The Balaban J connectivity index is 0.000000977. The van der Waals surface area contributed by atoms with Gasteiger partial charge in [0.15, 0.2) is 24.7 Å². The normalized spacial score (nSPS) is 40.6. The summed E-state index contributed by atoms with van der Waals surface area (Å²) in [7, 11) is 6.43. The molecule has 3 fully saturated rings. The number of allylic oxidation sites excluding steroid dienone is 3. The number of aliphatic hydroxyl groups is 5. The van der Waals surface area contributed by atoms with E-state index >= 15 is 0 Å². The molecule has 426 valence electrons. The first-order chi connectivity index (χ1) is 35.2. The van der Waals surface area contributed by atoms with E-state index in [1.54, 1.807) is 59.7 Å². The number of aromatic carboxylic acids is 1. The first-order valence-electron chi connectivity index (χ1n) is 25.3. The summed E-state index contributed by atoms with van der Waals surface area (Å²) in [5.74, 6) is -4.93. The molecule has 1 aromatic rings. The van der Waals surface area contributed by atoms with Gasteiger partial charge in [0.25, 0.3) is 5.56 Å². The van der Waals surface area contributed by atoms with Crippen LogP contribution in [0.2, 0.25) is 0 Å². The standard InChI is InChI=1S/C46H77NO17.C5H4N2O4/c1-13-33-30(22-58-45-42(57-12)41(56-11)37(52)26(5)60-45)18-23(2)14-15-31(49)24(3)19-29(16-17-48)39(25(4)32(50)20-34(51)62-33)64-44-38(53)36(47(9)10)40(27(6)61-44)63-35-21-46(8,55)43(54)28(7)59-35;8-3-1-2(4(9)10)6-5(11)7-3/h14-15,17-18,24-30,32-33,35-45,50,52-55H,13,16,19-22H2,1-12H3;1H,(H,9,10)(H2,6,7,8,11)/b15-14+,23-18+;/t24-,25+,26-,27-,28+,29+,30?,32-,33-,35+,36-,37-,38-,39-,40-,41-,42-,43+,44-,45-,46-;/m1./s1. The van der Waals surface area contributed by atoms with E-state index in [-0.39, 0.29) is 31.7 Å². The molecule has 0 amide bonds. The first kappa shape index (κ1) is 63.4. The predicted octanol–water partition coefficient (Wildman–Crippen LogP) is 0.595. The van der Waals surface area contributed by atoms with Crippen LogP contribution in [0.4, 0.5) is 0 Å². The summed E-state index contributed by atoms with van der Waals surface area (Å²) in [5.41, 5.74) is -2.78. The van der Waals surface area contributed by atoms with E-state index in [0.717, 1.165) is 12.4 Å². The highest BCUT2D eigenvalue weighted by atomic mass is 16.7. The van der Waals surface area contributed by atoms with Crippen LogP contribution in [-0.2, 0) is 57.0 Å². The van der Waals surface area contributed by atoms with E-state index in [9.17, 15) is 54.3 Å². The maximum Gasteiger partial charge on any atom is 0.352 e. The lowest BCUT2D eigenvalue weighted by atomic mass is 9.79. The largest absolute Gasteiger partial charge is 0.477 e. The zero-order valence-corrected chi connectivity index (χ0v) is 44.9. The number of hydrogen-bond acceptors (Lipinski definition) is 21. The Hall–Kier alpha value is -4.12. The number of nitrogens with zero attached hydrogens (tertiary/aromatic N) is 1. The lowest BCUT2D eigenvalue weighted by Gasteiger charge is -2.50. The smallest absolute Gasteiger partial charge is 0.352 e. The van der Waals surface area contributed by atoms with E-state index in [4.69, 9.17) is 47.7 Å². The highest BCUT2D eigenvalue weighted by Crippen LogP contribution is 2.37. The molecular weight excluding hydrogens is 991 g/mol. The zero-order valence-electron chi connectivity index (χ0n) is 44.9. The van der Waals surface area contributed by atoms with E-state index in [0.29, 0.717) is 12.0 Å². The van der Waals surface area contributed by atoms with Crippen LogP contribution in [-0.4, -0.2) is 208 Å². The summed E-state index contributed by atoms with van der Waals surface area (Å²) >= 11 is 0. The third kappa shape index (κ3) is 16.9. The van der Waals surface area contributed by atoms with Gasteiger partial charge in [0.05, 0.1) is 55.2 Å². The molecule has 1 aromatic heterocycles. The van der Waals surface area contributed by atoms with Gasteiger partial charge in [-0.25, -0.2) is 9.59 Å². The Bertz CT molecular complexity index is 2170. The van der Waals surface area contributed by atoms with Crippen molar-refractivity contribution in [1.82, 2.24) is 14.9 Å². The second-order valence-corrected chi connectivity index (χ2v) is 20.5. The molecule has 4 aliphatic heterocycles. The average Bonchev–Trinajstić information content (AvgIpc) is 3.33. The number of nitrogens with one attached hydrogen (secondary N) is 2. The fourth-order valence-corrected chi connectivity index (χ4v) is 10.1. The second-order valence-electron chi connectivity index (χ2n) is 20.5. The Labute approximate surface area is 436 Å². The summed E-state index contributed by atoms with van der Waals surface area (Å²) in [6.45, 7) is 13.6. The van der Waals surface area contributed by atoms with Gasteiger partial charge in [0, 0.05) is 50.9 Å². The Morgan fingerprint density at radius 2 is 1.52 bits per heavy atom. The van der Waals surface area contributed by atoms with Crippen LogP contribution < -0.4 is 11.2 Å². The molecule has 0 saturated carbocycles. The fourth-order valence-electron chi connectivity index (χ4n) is 10.1. The van der Waals surface area contributed by atoms with Gasteiger partial charge in [-0.2, -0.15) is 0 Å². The van der Waals surface area contributed by atoms with Crippen molar-refractivity contribution in [3.05, 3.63) is 56.4 Å². The number of likely N-dealkylation sites (N-methyl/N-ethyl adjacent to an activating group) is 1. The maximum atomic E-state index is 13.8. The van der Waals surface area contributed by atoms with Gasteiger partial charge in [0.1, 0.15) is 54.7 Å². The van der Waals surface area contributed by atoms with Crippen LogP contribution >= 0.6 is 0 Å². The molecule has 21 atom stereocenters. The maximum absolute atomic E-state index is 13.8. The third-order valence-electron chi connectivity index (χ3n) is 14.4. The number of aromatic amines is 2. The minimum Gasteiger partial charge on any atom is -0.477 e. The number of methoxy groups -OCH3 is 2. The number of carboxylic acid groups (broad SMARTS) is 1. The number of hydrogen-bond donors (Lipinski definition) is 8. The van der Waals surface area contributed by atoms with E-state index in [2.05, 4.69) is 0 Å². The number of carboxylic acids is 1. The number of aldehydes is 1. The molecule has 0 radical (unpaired) electrons. The Kier molecular flexibility index (Phi) is 24.1. The molecule has 0 aromatic carbocycles. The lowest BCUT2D eigenvalue weighted by molar-refractivity contribution is -0.341. The summed E-state index contributed by atoms with van der Waals surface area (Å²) < 4.78 is 54.7. The van der Waals surface area contributed by atoms with Gasteiger partial charge in [-0.05, 0) is 73.5 Å². The van der Waals surface area contributed by atoms with Crippen LogP contribution in [0.25, 0.3) is 0 Å². The number of aliphatic hydroxyl groups excluding tert-OH is 4. The van der Waals surface area contributed by atoms with Crippen molar-refractivity contribution in [3.8, 4) is 0 Å². The van der Waals surface area contributed by atoms with Gasteiger partial charge < -0.3 is 87.9 Å². The molecule has 75 heavy (non-hydrogen) atoms. The monoisotopic (exact) mass is 1070 g/mol. The molecule has 3 saturated heterocycles. The number of ether oxygens (including phenoxy) is 9. The molecule has 0 spiro atoms. The van der Waals surface area contributed by atoms with Crippen LogP contribution in [0, 0.1) is 23.7 Å². The Morgan fingerprint density at radius 3 is 2.09 bits per heavy atom. The zero-order chi connectivity index (χ0) is 56.2. The van der Waals surface area contributed by atoms with E-state index in [1.165, 1.54) is 27.2 Å². The minimum atomic E-state index is -1.49. The summed E-state index contributed by atoms with van der Waals surface area (Å²) in [6, 6.07) is 0.0469. The number of carbonyl (C=O) groups is 4. The van der Waals surface area contributed by atoms with Crippen LogP contribution in [0.1, 0.15) is 98.0 Å². The highest BCUT2D eigenvalue weighted by molar-refractivity contribution is 5.91. The van der Waals surface area contributed by atoms with Crippen molar-refractivity contribution < 1.29 is 92.4 Å². The molecule has 8 N–H and O–H groups in total. The molecule has 24 nitrogen and oxygen atoms in total. The van der Waals surface area contributed by atoms with Gasteiger partial charge in [-0.1, -0.05) is 38.5 Å². The summed E-state index contributed by atoms with van der Waals surface area (Å²) in [4.78, 5) is 76.4. The van der Waals surface area contributed by atoms with Gasteiger partial charge in [0.2, 0.25) is 0 Å². The number of cyclic esters (lactones) is 1. The van der Waals surface area contributed by atoms with Gasteiger partial charge in [-0.15, -0.1) is 0 Å². The van der Waals surface area contributed by atoms with Crippen LogP contribution in [0.3, 0.4) is 0 Å². The number of rotatable bonds is 14. The second kappa shape index (κ2) is 28.5. The number of carbonyl (C=O) groups excluding carboxylic acids is 3. The number of H-pyrrole nitrogens is 2. The first-order valence-corrected chi connectivity index (χ1v) is 25.3. The number of aromatic nitrogens is 2. The molecule has 0 bridgehead atoms. The van der Waals surface area contributed by atoms with Crippen molar-refractivity contribution in [2.75, 3.05) is 34.9 Å². The molecule has 1 unspecified atom stereocenters.